The molecule has 1 N–H and O–H groups in total. The maximum atomic E-state index is 14.3. The van der Waals surface area contributed by atoms with Gasteiger partial charge in [-0.05, 0) is 56.5 Å². The second kappa shape index (κ2) is 8.87. The number of amides is 2. The highest BCUT2D eigenvalue weighted by Gasteiger charge is 2.22. The van der Waals surface area contributed by atoms with Crippen LogP contribution in [0.15, 0.2) is 42.5 Å². The summed E-state index contributed by atoms with van der Waals surface area (Å²) in [6.07, 6.45) is 1.71. The number of nitrogens with zero attached hydrogens (tertiary/aromatic N) is 2. The second-order valence-corrected chi connectivity index (χ2v) is 6.88. The minimum atomic E-state index is -0.295. The van der Waals surface area contributed by atoms with E-state index in [9.17, 15) is 14.0 Å². The summed E-state index contributed by atoms with van der Waals surface area (Å²) in [5.74, 6) is -0.589. The Kier molecular flexibility index (Phi) is 6.29. The third-order valence-electron chi connectivity index (χ3n) is 5.04. The fourth-order valence-corrected chi connectivity index (χ4v) is 3.64. The van der Waals surface area contributed by atoms with Crippen molar-refractivity contribution in [3.63, 3.8) is 0 Å². The lowest BCUT2D eigenvalue weighted by Gasteiger charge is -2.31. The summed E-state index contributed by atoms with van der Waals surface area (Å²) in [6.45, 7) is 5.84. The molecule has 6 heteroatoms. The number of carbonyl (C=O) groups is 2. The molecule has 1 heterocycles. The number of hydrogen-bond acceptors (Lipinski definition) is 3. The lowest BCUT2D eigenvalue weighted by molar-refractivity contribution is -0.115. The van der Waals surface area contributed by atoms with E-state index in [-0.39, 0.29) is 24.2 Å². The minimum Gasteiger partial charge on any atom is -0.360 e. The molecule has 0 saturated heterocycles. The van der Waals surface area contributed by atoms with E-state index in [4.69, 9.17) is 0 Å². The van der Waals surface area contributed by atoms with E-state index in [2.05, 4.69) is 5.32 Å². The zero-order valence-electron chi connectivity index (χ0n) is 16.4. The van der Waals surface area contributed by atoms with Crippen molar-refractivity contribution < 1.29 is 14.0 Å². The first kappa shape index (κ1) is 19.9. The van der Waals surface area contributed by atoms with E-state index < -0.39 is 0 Å². The summed E-state index contributed by atoms with van der Waals surface area (Å²) < 4.78 is 14.3. The molecule has 0 bridgehead atoms. The molecule has 2 aromatic carbocycles. The van der Waals surface area contributed by atoms with E-state index in [1.807, 2.05) is 19.9 Å². The van der Waals surface area contributed by atoms with Crippen molar-refractivity contribution in [2.45, 2.75) is 26.7 Å². The highest BCUT2D eigenvalue weighted by molar-refractivity contribution is 5.98. The summed E-state index contributed by atoms with van der Waals surface area (Å²) in [4.78, 5) is 28.6. The Morgan fingerprint density at radius 3 is 2.64 bits per heavy atom. The number of fused-ring (bicyclic) bond motifs is 1. The molecule has 0 spiro atoms. The van der Waals surface area contributed by atoms with E-state index in [0.717, 1.165) is 18.4 Å². The topological polar surface area (TPSA) is 52.7 Å². The van der Waals surface area contributed by atoms with Gasteiger partial charge in [0.15, 0.2) is 0 Å². The number of para-hydroxylation sites is 1. The summed E-state index contributed by atoms with van der Waals surface area (Å²) in [5.41, 5.74) is 2.56. The summed E-state index contributed by atoms with van der Waals surface area (Å²) in [7, 11) is 0. The molecule has 0 fully saturated rings. The molecular weight excluding hydrogens is 357 g/mol. The van der Waals surface area contributed by atoms with Gasteiger partial charge in [-0.3, -0.25) is 9.59 Å². The van der Waals surface area contributed by atoms with Crippen LogP contribution in [0.3, 0.4) is 0 Å². The molecule has 28 heavy (non-hydrogen) atoms. The van der Waals surface area contributed by atoms with Crippen LogP contribution in [0.25, 0.3) is 0 Å². The van der Waals surface area contributed by atoms with Gasteiger partial charge < -0.3 is 15.1 Å². The van der Waals surface area contributed by atoms with Crippen LogP contribution in [0.5, 0.6) is 0 Å². The molecule has 0 aromatic heterocycles. The predicted octanol–water partition coefficient (Wildman–Crippen LogP) is 3.70. The van der Waals surface area contributed by atoms with Crippen LogP contribution in [0, 0.1) is 5.82 Å². The van der Waals surface area contributed by atoms with Crippen LogP contribution < -0.4 is 10.2 Å². The zero-order valence-corrected chi connectivity index (χ0v) is 16.4. The molecule has 1 aliphatic rings. The number of aryl methyl sites for hydroxylation is 1. The fraction of sp³-hybridized carbons (Fsp3) is 0.364. The molecule has 0 aliphatic carbocycles. The second-order valence-electron chi connectivity index (χ2n) is 6.88. The van der Waals surface area contributed by atoms with Crippen molar-refractivity contribution in [1.29, 1.82) is 0 Å². The Hall–Kier alpha value is -2.89. The van der Waals surface area contributed by atoms with E-state index >= 15 is 0 Å². The molecule has 0 radical (unpaired) electrons. The van der Waals surface area contributed by atoms with Crippen LogP contribution in [-0.4, -0.2) is 42.9 Å². The van der Waals surface area contributed by atoms with Crippen LogP contribution in [0.2, 0.25) is 0 Å². The quantitative estimate of drug-likeness (QED) is 0.828. The number of halogens is 1. The maximum Gasteiger partial charge on any atom is 0.253 e. The Labute approximate surface area is 165 Å². The van der Waals surface area contributed by atoms with Gasteiger partial charge in [-0.1, -0.05) is 18.2 Å². The molecule has 5 nitrogen and oxygen atoms in total. The normalized spacial score (nSPS) is 13.0. The largest absolute Gasteiger partial charge is 0.360 e. The summed E-state index contributed by atoms with van der Waals surface area (Å²) >= 11 is 0. The lowest BCUT2D eigenvalue weighted by Crippen LogP contribution is -2.37. The molecule has 148 valence electrons. The molecule has 2 amide bonds. The SMILES string of the molecule is CCN(CC)C(=O)c1cccc(NC(=O)CN2CCCc3cccc(F)c32)c1. The van der Waals surface area contributed by atoms with Crippen molar-refractivity contribution in [3.8, 4) is 0 Å². The van der Waals surface area contributed by atoms with Gasteiger partial charge in [0, 0.05) is 30.9 Å². The number of rotatable bonds is 6. The van der Waals surface area contributed by atoms with Crippen molar-refractivity contribution in [2.24, 2.45) is 0 Å². The Bertz CT molecular complexity index is 865. The van der Waals surface area contributed by atoms with Crippen molar-refractivity contribution >= 4 is 23.2 Å². The number of hydrogen-bond donors (Lipinski definition) is 1. The van der Waals surface area contributed by atoms with Crippen LogP contribution in [-0.2, 0) is 11.2 Å². The predicted molar refractivity (Wildman–Crippen MR) is 109 cm³/mol. The monoisotopic (exact) mass is 383 g/mol. The summed E-state index contributed by atoms with van der Waals surface area (Å²) in [5, 5.41) is 2.84. The number of nitrogens with one attached hydrogen (secondary N) is 1. The van der Waals surface area contributed by atoms with E-state index in [1.165, 1.54) is 6.07 Å². The molecule has 2 aromatic rings. The standard InChI is InChI=1S/C22H26FN3O2/c1-3-25(4-2)22(28)17-9-5-11-18(14-17)24-20(27)15-26-13-7-10-16-8-6-12-19(23)21(16)26/h5-6,8-9,11-12,14H,3-4,7,10,13,15H2,1-2H3,(H,24,27). The van der Waals surface area contributed by atoms with Gasteiger partial charge in [-0.25, -0.2) is 4.39 Å². The van der Waals surface area contributed by atoms with Gasteiger partial charge in [0.05, 0.1) is 12.2 Å². The maximum absolute atomic E-state index is 14.3. The average molecular weight is 383 g/mol. The molecule has 0 saturated carbocycles. The smallest absolute Gasteiger partial charge is 0.253 e. The van der Waals surface area contributed by atoms with Crippen LogP contribution in [0.4, 0.5) is 15.8 Å². The van der Waals surface area contributed by atoms with Gasteiger partial charge in [0.1, 0.15) is 5.82 Å². The van der Waals surface area contributed by atoms with Gasteiger partial charge in [-0.2, -0.15) is 0 Å². The molecule has 3 rings (SSSR count). The van der Waals surface area contributed by atoms with Gasteiger partial charge in [0.25, 0.3) is 5.91 Å². The molecular formula is C22H26FN3O2. The Morgan fingerprint density at radius 2 is 1.89 bits per heavy atom. The van der Waals surface area contributed by atoms with Crippen molar-refractivity contribution in [3.05, 3.63) is 59.4 Å². The molecule has 1 aliphatic heterocycles. The Morgan fingerprint density at radius 1 is 1.14 bits per heavy atom. The first-order chi connectivity index (χ1) is 13.5. The number of benzene rings is 2. The van der Waals surface area contributed by atoms with Crippen LogP contribution >= 0.6 is 0 Å². The first-order valence-corrected chi connectivity index (χ1v) is 9.75. The number of anilines is 2. The van der Waals surface area contributed by atoms with Crippen molar-refractivity contribution in [1.82, 2.24) is 4.90 Å². The third kappa shape index (κ3) is 4.32. The van der Waals surface area contributed by atoms with E-state index in [0.29, 0.717) is 36.6 Å². The highest BCUT2D eigenvalue weighted by atomic mass is 19.1. The minimum absolute atomic E-state index is 0.0619. The van der Waals surface area contributed by atoms with Crippen LogP contribution in [0.1, 0.15) is 36.2 Å². The summed E-state index contributed by atoms with van der Waals surface area (Å²) in [6, 6.07) is 12.0. The average Bonchev–Trinajstić information content (AvgIpc) is 2.69. The van der Waals surface area contributed by atoms with Crippen molar-refractivity contribution in [2.75, 3.05) is 36.4 Å². The third-order valence-corrected chi connectivity index (χ3v) is 5.04. The Balaban J connectivity index is 1.70. The zero-order chi connectivity index (χ0) is 20.1. The fourth-order valence-electron chi connectivity index (χ4n) is 3.64. The van der Waals surface area contributed by atoms with Gasteiger partial charge in [-0.15, -0.1) is 0 Å². The lowest BCUT2D eigenvalue weighted by atomic mass is 10.0. The number of carbonyl (C=O) groups excluding carboxylic acids is 2. The van der Waals surface area contributed by atoms with Gasteiger partial charge in [0.2, 0.25) is 5.91 Å². The highest BCUT2D eigenvalue weighted by Crippen LogP contribution is 2.29. The molecule has 0 atom stereocenters. The van der Waals surface area contributed by atoms with E-state index in [1.54, 1.807) is 40.1 Å². The van der Waals surface area contributed by atoms with Gasteiger partial charge >= 0.3 is 0 Å². The first-order valence-electron chi connectivity index (χ1n) is 9.75. The molecule has 0 unspecified atom stereocenters.